The molecule has 0 aromatic heterocycles. The van der Waals surface area contributed by atoms with Crippen LogP contribution in [0.2, 0.25) is 5.02 Å². The Bertz CT molecular complexity index is 684. The van der Waals surface area contributed by atoms with Gasteiger partial charge >= 0.3 is 0 Å². The number of likely N-dealkylation sites (N-methyl/N-ethyl adjacent to an activating group) is 1. The molecule has 2 aromatic carbocycles. The molecule has 5 heteroatoms. The summed E-state index contributed by atoms with van der Waals surface area (Å²) < 4.78 is 5.20. The summed E-state index contributed by atoms with van der Waals surface area (Å²) in [5.41, 5.74) is 2.35. The van der Waals surface area contributed by atoms with E-state index in [1.54, 1.807) is 7.11 Å². The third-order valence-electron chi connectivity index (χ3n) is 4.40. The van der Waals surface area contributed by atoms with Gasteiger partial charge in [0.25, 0.3) is 0 Å². The number of amides is 1. The van der Waals surface area contributed by atoms with Gasteiger partial charge in [0.2, 0.25) is 5.91 Å². The quantitative estimate of drug-likeness (QED) is 0.718. The van der Waals surface area contributed by atoms with E-state index in [9.17, 15) is 4.79 Å². The number of hydrogen-bond acceptors (Lipinski definition) is 3. The van der Waals surface area contributed by atoms with Gasteiger partial charge in [-0.05, 0) is 62.3 Å². The predicted octanol–water partition coefficient (Wildman–Crippen LogP) is 4.09. The average molecular weight is 375 g/mol. The molecule has 2 aromatic rings. The number of aryl methyl sites for hydroxylation is 1. The molecule has 0 aliphatic heterocycles. The van der Waals surface area contributed by atoms with Crippen LogP contribution in [0.4, 0.5) is 0 Å². The van der Waals surface area contributed by atoms with E-state index in [0.717, 1.165) is 29.2 Å². The molecule has 0 aliphatic carbocycles. The van der Waals surface area contributed by atoms with Crippen LogP contribution >= 0.6 is 11.6 Å². The fourth-order valence-electron chi connectivity index (χ4n) is 2.83. The molecule has 0 spiro atoms. The van der Waals surface area contributed by atoms with E-state index in [0.29, 0.717) is 13.0 Å². The molecule has 1 atom stereocenters. The van der Waals surface area contributed by atoms with Gasteiger partial charge in [0.1, 0.15) is 5.75 Å². The summed E-state index contributed by atoms with van der Waals surface area (Å²) in [4.78, 5) is 14.3. The van der Waals surface area contributed by atoms with Crippen LogP contribution in [0.3, 0.4) is 0 Å². The summed E-state index contributed by atoms with van der Waals surface area (Å²) in [5.74, 6) is 0.914. The van der Waals surface area contributed by atoms with Crippen LogP contribution in [-0.2, 0) is 11.2 Å². The molecule has 0 saturated heterocycles. The Morgan fingerprint density at radius 1 is 1.12 bits per heavy atom. The Labute approximate surface area is 161 Å². The lowest BCUT2D eigenvalue weighted by molar-refractivity contribution is -0.121. The van der Waals surface area contributed by atoms with Crippen molar-refractivity contribution in [3.05, 3.63) is 64.7 Å². The monoisotopic (exact) mass is 374 g/mol. The van der Waals surface area contributed by atoms with Crippen LogP contribution in [0.25, 0.3) is 0 Å². The molecule has 0 radical (unpaired) electrons. The molecule has 0 saturated carbocycles. The minimum atomic E-state index is 0.0827. The van der Waals surface area contributed by atoms with E-state index in [2.05, 4.69) is 10.2 Å². The first kappa shape index (κ1) is 20.3. The lowest BCUT2D eigenvalue weighted by Crippen LogP contribution is -2.34. The number of carbonyl (C=O) groups excluding carboxylic acids is 1. The molecule has 1 N–H and O–H groups in total. The Kier molecular flexibility index (Phi) is 7.95. The van der Waals surface area contributed by atoms with Crippen molar-refractivity contribution < 1.29 is 9.53 Å². The van der Waals surface area contributed by atoms with Crippen LogP contribution in [0.15, 0.2) is 48.5 Å². The third kappa shape index (κ3) is 6.36. The van der Waals surface area contributed by atoms with Gasteiger partial charge in [-0.1, -0.05) is 35.9 Å². The minimum Gasteiger partial charge on any atom is -0.497 e. The maximum atomic E-state index is 12.2. The molecule has 0 bridgehead atoms. The van der Waals surface area contributed by atoms with Crippen molar-refractivity contribution in [2.24, 2.45) is 0 Å². The number of nitrogens with one attached hydrogen (secondary N) is 1. The number of rotatable bonds is 9. The maximum Gasteiger partial charge on any atom is 0.220 e. The Hall–Kier alpha value is -2.04. The second-order valence-corrected chi connectivity index (χ2v) is 6.97. The van der Waals surface area contributed by atoms with Gasteiger partial charge in [0.15, 0.2) is 0 Å². The molecular weight excluding hydrogens is 348 g/mol. The van der Waals surface area contributed by atoms with Gasteiger partial charge < -0.3 is 15.0 Å². The van der Waals surface area contributed by atoms with Crippen LogP contribution in [0.1, 0.15) is 30.0 Å². The van der Waals surface area contributed by atoms with Crippen LogP contribution in [0.5, 0.6) is 5.75 Å². The van der Waals surface area contributed by atoms with E-state index in [4.69, 9.17) is 16.3 Å². The third-order valence-corrected chi connectivity index (χ3v) is 4.65. The molecule has 1 amide bonds. The van der Waals surface area contributed by atoms with Crippen molar-refractivity contribution in [2.75, 3.05) is 27.7 Å². The zero-order valence-electron chi connectivity index (χ0n) is 15.7. The highest BCUT2D eigenvalue weighted by Gasteiger charge is 2.15. The summed E-state index contributed by atoms with van der Waals surface area (Å²) in [5, 5.41) is 3.79. The summed E-state index contributed by atoms with van der Waals surface area (Å²) in [6.07, 6.45) is 2.22. The molecule has 0 aliphatic rings. The van der Waals surface area contributed by atoms with E-state index in [-0.39, 0.29) is 11.9 Å². The predicted molar refractivity (Wildman–Crippen MR) is 107 cm³/mol. The summed E-state index contributed by atoms with van der Waals surface area (Å²) in [6.45, 7) is 0.582. The molecule has 4 nitrogen and oxygen atoms in total. The van der Waals surface area contributed by atoms with Gasteiger partial charge in [-0.25, -0.2) is 0 Å². The Morgan fingerprint density at radius 2 is 1.77 bits per heavy atom. The number of halogens is 1. The zero-order valence-corrected chi connectivity index (χ0v) is 16.4. The van der Waals surface area contributed by atoms with E-state index >= 15 is 0 Å². The molecular formula is C21H27ClN2O2. The molecule has 1 unspecified atom stereocenters. The topological polar surface area (TPSA) is 41.6 Å². The lowest BCUT2D eigenvalue weighted by Gasteiger charge is -2.25. The number of methoxy groups -OCH3 is 1. The van der Waals surface area contributed by atoms with Gasteiger partial charge in [-0.2, -0.15) is 0 Å². The van der Waals surface area contributed by atoms with Gasteiger partial charge in [0, 0.05) is 18.0 Å². The summed E-state index contributed by atoms with van der Waals surface area (Å²) >= 11 is 5.88. The molecule has 0 fully saturated rings. The van der Waals surface area contributed by atoms with Gasteiger partial charge in [0.05, 0.1) is 13.2 Å². The lowest BCUT2D eigenvalue weighted by atomic mass is 10.1. The van der Waals surface area contributed by atoms with Crippen molar-refractivity contribution in [1.29, 1.82) is 0 Å². The highest BCUT2D eigenvalue weighted by molar-refractivity contribution is 6.30. The fourth-order valence-corrected chi connectivity index (χ4v) is 2.95. The highest BCUT2D eigenvalue weighted by atomic mass is 35.5. The standard InChI is InChI=1S/C21H27ClN2O2/c1-24(2)20(17-9-13-19(26-3)14-10-17)15-23-21(25)6-4-5-16-7-11-18(22)12-8-16/h7-14,20H,4-6,15H2,1-3H3,(H,23,25). The number of benzene rings is 2. The first-order valence-electron chi connectivity index (χ1n) is 8.81. The van der Waals surface area contributed by atoms with E-state index in [1.807, 2.05) is 62.6 Å². The minimum absolute atomic E-state index is 0.0827. The molecule has 0 heterocycles. The normalized spacial score (nSPS) is 12.0. The van der Waals surface area contributed by atoms with Crippen molar-refractivity contribution in [2.45, 2.75) is 25.3 Å². The van der Waals surface area contributed by atoms with Crippen molar-refractivity contribution in [1.82, 2.24) is 10.2 Å². The summed E-state index contributed by atoms with van der Waals surface area (Å²) in [7, 11) is 5.69. The Balaban J connectivity index is 1.80. The number of ether oxygens (including phenoxy) is 1. The largest absolute Gasteiger partial charge is 0.497 e. The molecule has 2 rings (SSSR count). The van der Waals surface area contributed by atoms with Gasteiger partial charge in [-0.15, -0.1) is 0 Å². The second kappa shape index (κ2) is 10.2. The summed E-state index contributed by atoms with van der Waals surface area (Å²) in [6, 6.07) is 15.9. The maximum absolute atomic E-state index is 12.2. The van der Waals surface area contributed by atoms with Crippen LogP contribution in [0, 0.1) is 0 Å². The SMILES string of the molecule is COc1ccc(C(CNC(=O)CCCc2ccc(Cl)cc2)N(C)C)cc1. The fraction of sp³-hybridized carbons (Fsp3) is 0.381. The molecule has 140 valence electrons. The van der Waals surface area contributed by atoms with E-state index in [1.165, 1.54) is 5.56 Å². The Morgan fingerprint density at radius 3 is 2.35 bits per heavy atom. The van der Waals surface area contributed by atoms with Crippen molar-refractivity contribution >= 4 is 17.5 Å². The van der Waals surface area contributed by atoms with Crippen molar-refractivity contribution in [3.63, 3.8) is 0 Å². The highest BCUT2D eigenvalue weighted by Crippen LogP contribution is 2.20. The number of nitrogens with zero attached hydrogens (tertiary/aromatic N) is 1. The van der Waals surface area contributed by atoms with Crippen molar-refractivity contribution in [3.8, 4) is 5.75 Å². The van der Waals surface area contributed by atoms with Crippen LogP contribution < -0.4 is 10.1 Å². The zero-order chi connectivity index (χ0) is 18.9. The average Bonchev–Trinajstić information content (AvgIpc) is 2.64. The van der Waals surface area contributed by atoms with Gasteiger partial charge in [-0.3, -0.25) is 4.79 Å². The second-order valence-electron chi connectivity index (χ2n) is 6.54. The molecule has 26 heavy (non-hydrogen) atoms. The smallest absolute Gasteiger partial charge is 0.220 e. The number of carbonyl (C=O) groups is 1. The first-order valence-corrected chi connectivity index (χ1v) is 9.19. The van der Waals surface area contributed by atoms with E-state index < -0.39 is 0 Å². The van der Waals surface area contributed by atoms with Crippen LogP contribution in [-0.4, -0.2) is 38.6 Å². The first-order chi connectivity index (χ1) is 12.5. The number of hydrogen-bond donors (Lipinski definition) is 1.